The minimum absolute atomic E-state index is 0. The molecule has 0 aliphatic rings. The Balaban J connectivity index is 0.00000400. The molecule has 0 bridgehead atoms. The number of quaternary nitrogens is 1. The molecule has 9 nitrogen and oxygen atoms in total. The Hall–Kier alpha value is -2.39. The summed E-state index contributed by atoms with van der Waals surface area (Å²) in [6.45, 7) is -0.00387. The zero-order valence-corrected chi connectivity index (χ0v) is 11.7. The Bertz CT molecular complexity index is 508. The number of hydrogen-bond donors (Lipinski definition) is 3. The SMILES string of the molecule is NC(=O)NC(=O)OCC([NH3+])Cc1ccc([N+](=O)[O-])cc1.[Cl-]. The topological polar surface area (TPSA) is 152 Å². The molecule has 0 saturated heterocycles. The van der Waals surface area contributed by atoms with Gasteiger partial charge < -0.3 is 28.6 Å². The highest BCUT2D eigenvalue weighted by atomic mass is 35.5. The zero-order chi connectivity index (χ0) is 15.1. The molecule has 1 unspecified atom stereocenters. The number of carbonyl (C=O) groups is 2. The van der Waals surface area contributed by atoms with E-state index in [1.165, 1.54) is 12.1 Å². The van der Waals surface area contributed by atoms with E-state index in [0.717, 1.165) is 5.56 Å². The maximum absolute atomic E-state index is 11.0. The summed E-state index contributed by atoms with van der Waals surface area (Å²) in [4.78, 5) is 31.4. The van der Waals surface area contributed by atoms with Crippen LogP contribution in [-0.4, -0.2) is 29.7 Å². The number of alkyl carbamates (subject to hydrolysis) is 1. The van der Waals surface area contributed by atoms with Crippen molar-refractivity contribution in [1.29, 1.82) is 0 Å². The molecule has 0 aliphatic carbocycles. The Morgan fingerprint density at radius 1 is 1.38 bits per heavy atom. The second kappa shape index (κ2) is 8.72. The molecule has 116 valence electrons. The first kappa shape index (κ1) is 18.6. The van der Waals surface area contributed by atoms with Crippen molar-refractivity contribution < 1.29 is 37.4 Å². The van der Waals surface area contributed by atoms with Crippen molar-refractivity contribution in [2.45, 2.75) is 12.5 Å². The van der Waals surface area contributed by atoms with Crippen molar-refractivity contribution in [3.05, 3.63) is 39.9 Å². The fourth-order valence-corrected chi connectivity index (χ4v) is 1.48. The summed E-state index contributed by atoms with van der Waals surface area (Å²) in [5, 5.41) is 12.2. The molecule has 6 N–H and O–H groups in total. The summed E-state index contributed by atoms with van der Waals surface area (Å²) in [6, 6.07) is 4.76. The van der Waals surface area contributed by atoms with E-state index >= 15 is 0 Å². The predicted octanol–water partition coefficient (Wildman–Crippen LogP) is -3.44. The van der Waals surface area contributed by atoms with Crippen molar-refractivity contribution >= 4 is 17.8 Å². The number of rotatable bonds is 5. The number of primary amides is 1. The molecule has 0 saturated carbocycles. The van der Waals surface area contributed by atoms with Gasteiger partial charge in [-0.15, -0.1) is 0 Å². The number of nitro benzene ring substituents is 1. The minimum atomic E-state index is -0.994. The van der Waals surface area contributed by atoms with Gasteiger partial charge in [0.2, 0.25) is 0 Å². The fourth-order valence-electron chi connectivity index (χ4n) is 1.48. The van der Waals surface area contributed by atoms with Gasteiger partial charge in [0.05, 0.1) is 4.92 Å². The average Bonchev–Trinajstić information content (AvgIpc) is 2.36. The first-order valence-corrected chi connectivity index (χ1v) is 5.68. The third-order valence-corrected chi connectivity index (χ3v) is 2.35. The number of urea groups is 1. The average molecular weight is 319 g/mol. The van der Waals surface area contributed by atoms with Gasteiger partial charge in [-0.05, 0) is 5.56 Å². The van der Waals surface area contributed by atoms with E-state index in [-0.39, 0.29) is 30.7 Å². The van der Waals surface area contributed by atoms with Gasteiger partial charge in [0.25, 0.3) is 5.69 Å². The van der Waals surface area contributed by atoms with E-state index in [1.54, 1.807) is 17.4 Å². The number of non-ortho nitro benzene ring substituents is 1. The van der Waals surface area contributed by atoms with Crippen LogP contribution in [0.4, 0.5) is 15.3 Å². The zero-order valence-electron chi connectivity index (χ0n) is 11.0. The van der Waals surface area contributed by atoms with Gasteiger partial charge in [0.1, 0.15) is 12.6 Å². The van der Waals surface area contributed by atoms with Crippen molar-refractivity contribution in [1.82, 2.24) is 5.32 Å². The van der Waals surface area contributed by atoms with Gasteiger partial charge >= 0.3 is 12.1 Å². The van der Waals surface area contributed by atoms with Crippen molar-refractivity contribution in [3.8, 4) is 0 Å². The number of imide groups is 1. The highest BCUT2D eigenvalue weighted by Gasteiger charge is 2.13. The second-order valence-electron chi connectivity index (χ2n) is 4.08. The van der Waals surface area contributed by atoms with Crippen LogP contribution in [0.3, 0.4) is 0 Å². The standard InChI is InChI=1S/C11H14N4O5.ClH/c12-8(6-20-11(17)14-10(13)16)5-7-1-3-9(4-2-7)15(18)19;/h1-4,8H,5-6,12H2,(H3,13,14,16,17);1H. The third kappa shape index (κ3) is 7.09. The smallest absolute Gasteiger partial charge is 0.415 e. The van der Waals surface area contributed by atoms with Crippen LogP contribution < -0.4 is 29.2 Å². The maximum atomic E-state index is 11.0. The second-order valence-corrected chi connectivity index (χ2v) is 4.08. The summed E-state index contributed by atoms with van der Waals surface area (Å²) in [5.74, 6) is 0. The Labute approximate surface area is 126 Å². The monoisotopic (exact) mass is 318 g/mol. The summed E-state index contributed by atoms with van der Waals surface area (Å²) in [5.41, 5.74) is 9.36. The number of halogens is 1. The van der Waals surface area contributed by atoms with Crippen molar-refractivity contribution in [2.24, 2.45) is 5.73 Å². The number of carbonyl (C=O) groups excluding carboxylic acids is 2. The molecule has 0 aromatic heterocycles. The molecule has 0 radical (unpaired) electrons. The van der Waals surface area contributed by atoms with Crippen LogP contribution in [0.5, 0.6) is 0 Å². The molecule has 1 aromatic rings. The number of nitrogens with two attached hydrogens (primary N) is 1. The molecule has 0 fully saturated rings. The van der Waals surface area contributed by atoms with Crippen LogP contribution in [0, 0.1) is 10.1 Å². The summed E-state index contributed by atoms with van der Waals surface area (Å²) < 4.78 is 4.73. The lowest BCUT2D eigenvalue weighted by molar-refractivity contribution is -0.424. The lowest BCUT2D eigenvalue weighted by Crippen LogP contribution is -3.00. The molecular weight excluding hydrogens is 304 g/mol. The number of amides is 3. The van der Waals surface area contributed by atoms with Gasteiger partial charge in [-0.2, -0.15) is 0 Å². The Morgan fingerprint density at radius 2 is 1.95 bits per heavy atom. The molecule has 1 aromatic carbocycles. The van der Waals surface area contributed by atoms with Crippen LogP contribution >= 0.6 is 0 Å². The molecule has 0 spiro atoms. The quantitative estimate of drug-likeness (QED) is 0.381. The van der Waals surface area contributed by atoms with Crippen molar-refractivity contribution in [3.63, 3.8) is 0 Å². The first-order valence-electron chi connectivity index (χ1n) is 5.68. The molecular formula is C11H15ClN4O5. The fraction of sp³-hybridized carbons (Fsp3) is 0.273. The van der Waals surface area contributed by atoms with Gasteiger partial charge in [-0.1, -0.05) is 12.1 Å². The van der Waals surface area contributed by atoms with Gasteiger partial charge in [0, 0.05) is 18.6 Å². The summed E-state index contributed by atoms with van der Waals surface area (Å²) in [6.07, 6.45) is -0.461. The number of nitro groups is 1. The van der Waals surface area contributed by atoms with Crippen LogP contribution in [0.1, 0.15) is 5.56 Å². The third-order valence-electron chi connectivity index (χ3n) is 2.35. The largest absolute Gasteiger partial charge is 1.00 e. The van der Waals surface area contributed by atoms with Gasteiger partial charge in [-0.25, -0.2) is 14.9 Å². The van der Waals surface area contributed by atoms with E-state index in [9.17, 15) is 19.7 Å². The molecule has 0 aliphatic heterocycles. The molecule has 1 atom stereocenters. The minimum Gasteiger partial charge on any atom is -1.00 e. The molecule has 1 rings (SSSR count). The summed E-state index contributed by atoms with van der Waals surface area (Å²) in [7, 11) is 0. The number of ether oxygens (including phenoxy) is 1. The molecule has 0 heterocycles. The molecule has 10 heteroatoms. The van der Waals surface area contributed by atoms with Crippen LogP contribution in [-0.2, 0) is 11.2 Å². The highest BCUT2D eigenvalue weighted by molar-refractivity contribution is 5.89. The lowest BCUT2D eigenvalue weighted by atomic mass is 10.1. The molecule has 3 amide bonds. The van der Waals surface area contributed by atoms with Crippen LogP contribution in [0.15, 0.2) is 24.3 Å². The normalized spacial score (nSPS) is 10.9. The molecule has 21 heavy (non-hydrogen) atoms. The number of hydrogen-bond acceptors (Lipinski definition) is 5. The van der Waals surface area contributed by atoms with E-state index in [2.05, 4.69) is 5.73 Å². The Morgan fingerprint density at radius 3 is 2.43 bits per heavy atom. The van der Waals surface area contributed by atoms with E-state index < -0.39 is 17.0 Å². The highest BCUT2D eigenvalue weighted by Crippen LogP contribution is 2.12. The first-order chi connectivity index (χ1) is 9.38. The lowest BCUT2D eigenvalue weighted by Gasteiger charge is -2.09. The number of benzene rings is 1. The number of nitrogens with zero attached hydrogens (tertiary/aromatic N) is 1. The van der Waals surface area contributed by atoms with E-state index in [4.69, 9.17) is 10.5 Å². The Kier molecular flexibility index (Phi) is 7.72. The van der Waals surface area contributed by atoms with E-state index in [0.29, 0.717) is 6.42 Å². The maximum Gasteiger partial charge on any atom is 0.415 e. The van der Waals surface area contributed by atoms with Crippen LogP contribution in [0.25, 0.3) is 0 Å². The predicted molar refractivity (Wildman–Crippen MR) is 67.5 cm³/mol. The van der Waals surface area contributed by atoms with Gasteiger partial charge in [-0.3, -0.25) is 10.1 Å². The number of nitrogens with one attached hydrogen (secondary N) is 1. The van der Waals surface area contributed by atoms with Crippen molar-refractivity contribution in [2.75, 3.05) is 6.61 Å². The van der Waals surface area contributed by atoms with Crippen LogP contribution in [0.2, 0.25) is 0 Å². The summed E-state index contributed by atoms with van der Waals surface area (Å²) >= 11 is 0. The van der Waals surface area contributed by atoms with E-state index in [1.807, 2.05) is 0 Å². The van der Waals surface area contributed by atoms with Gasteiger partial charge in [0.15, 0.2) is 0 Å².